The number of nitrogens with two attached hydrogens (primary N) is 1. The van der Waals surface area contributed by atoms with Gasteiger partial charge in [-0.1, -0.05) is 23.2 Å². The Morgan fingerprint density at radius 3 is 2.86 bits per heavy atom. The van der Waals surface area contributed by atoms with Gasteiger partial charge in [-0.15, -0.1) is 0 Å². The van der Waals surface area contributed by atoms with Gasteiger partial charge in [-0.05, 0) is 54.7 Å². The summed E-state index contributed by atoms with van der Waals surface area (Å²) >= 11 is 12.1. The molecule has 0 amide bonds. The molecule has 0 saturated carbocycles. The summed E-state index contributed by atoms with van der Waals surface area (Å²) in [5, 5.41) is 4.82. The van der Waals surface area contributed by atoms with E-state index in [9.17, 15) is 0 Å². The minimum atomic E-state index is 0.508. The molecule has 2 atom stereocenters. The van der Waals surface area contributed by atoms with E-state index in [4.69, 9.17) is 28.9 Å². The monoisotopic (exact) mass is 321 g/mol. The maximum absolute atomic E-state index is 6.27. The first-order valence-electron chi connectivity index (χ1n) is 7.29. The van der Waals surface area contributed by atoms with Crippen LogP contribution in [0.25, 0.3) is 0 Å². The van der Waals surface area contributed by atoms with Crippen molar-refractivity contribution in [3.63, 3.8) is 0 Å². The van der Waals surface area contributed by atoms with Crippen LogP contribution in [0.2, 0.25) is 10.0 Å². The van der Waals surface area contributed by atoms with Gasteiger partial charge in [-0.25, -0.2) is 0 Å². The fourth-order valence-electron chi connectivity index (χ4n) is 3.65. The molecule has 2 unspecified atom stereocenters. The lowest BCUT2D eigenvalue weighted by molar-refractivity contribution is 0.526. The number of hydrogen-bond acceptors (Lipinski definition) is 3. The lowest BCUT2D eigenvalue weighted by atomic mass is 9.92. The third-order valence-electron chi connectivity index (χ3n) is 4.72. The summed E-state index contributed by atoms with van der Waals surface area (Å²) in [5.41, 5.74) is 10.2. The van der Waals surface area contributed by atoms with Crippen LogP contribution in [0.1, 0.15) is 19.3 Å². The van der Waals surface area contributed by atoms with E-state index in [1.54, 1.807) is 0 Å². The predicted octanol–water partition coefficient (Wildman–Crippen LogP) is 3.43. The van der Waals surface area contributed by atoms with Crippen LogP contribution < -0.4 is 16.0 Å². The predicted molar refractivity (Wildman–Crippen MR) is 87.7 cm³/mol. The van der Waals surface area contributed by atoms with Crippen molar-refractivity contribution in [1.82, 2.24) is 5.32 Å². The first kappa shape index (κ1) is 13.5. The zero-order valence-corrected chi connectivity index (χ0v) is 13.1. The molecule has 3 N–H and O–H groups in total. The Hall–Kier alpha value is -1.16. The summed E-state index contributed by atoms with van der Waals surface area (Å²) in [6.45, 7) is 0.833. The molecule has 1 aromatic carbocycles. The largest absolute Gasteiger partial charge is 0.385 e. The fourth-order valence-corrected chi connectivity index (χ4v) is 3.94. The topological polar surface area (TPSA) is 41.3 Å². The SMILES string of the molecule is NC1=CC2=C(CN1c1ccc(Cl)c(Cl)c1)C1CCC(C2)N1. The van der Waals surface area contributed by atoms with Crippen LogP contribution in [-0.2, 0) is 0 Å². The molecule has 2 bridgehead atoms. The molecular formula is C16H17Cl2N3. The van der Waals surface area contributed by atoms with Crippen molar-refractivity contribution in [2.45, 2.75) is 31.3 Å². The van der Waals surface area contributed by atoms with E-state index in [-0.39, 0.29) is 0 Å². The number of anilines is 1. The molecule has 0 spiro atoms. The molecule has 0 aromatic heterocycles. The van der Waals surface area contributed by atoms with Gasteiger partial charge in [0.25, 0.3) is 0 Å². The Morgan fingerprint density at radius 2 is 2.05 bits per heavy atom. The van der Waals surface area contributed by atoms with Crippen LogP contribution in [0, 0.1) is 0 Å². The van der Waals surface area contributed by atoms with E-state index in [0.29, 0.717) is 22.1 Å². The average molecular weight is 322 g/mol. The molecule has 3 heterocycles. The number of halogens is 2. The van der Waals surface area contributed by atoms with E-state index in [1.165, 1.54) is 24.0 Å². The summed E-state index contributed by atoms with van der Waals surface area (Å²) in [4.78, 5) is 2.11. The van der Waals surface area contributed by atoms with Gasteiger partial charge < -0.3 is 16.0 Å². The quantitative estimate of drug-likeness (QED) is 0.832. The van der Waals surface area contributed by atoms with Gasteiger partial charge >= 0.3 is 0 Å². The number of allylic oxidation sites excluding steroid dienone is 1. The highest BCUT2D eigenvalue weighted by molar-refractivity contribution is 6.42. The Balaban J connectivity index is 1.69. The maximum Gasteiger partial charge on any atom is 0.104 e. The minimum Gasteiger partial charge on any atom is -0.385 e. The van der Waals surface area contributed by atoms with Gasteiger partial charge in [0.05, 0.1) is 10.0 Å². The number of nitrogens with zero attached hydrogens (tertiary/aromatic N) is 1. The molecule has 110 valence electrons. The molecule has 0 aliphatic carbocycles. The van der Waals surface area contributed by atoms with E-state index in [0.717, 1.165) is 24.5 Å². The van der Waals surface area contributed by atoms with Crippen molar-refractivity contribution < 1.29 is 0 Å². The Labute approximate surface area is 134 Å². The highest BCUT2D eigenvalue weighted by atomic mass is 35.5. The second kappa shape index (κ2) is 4.94. The first-order valence-corrected chi connectivity index (χ1v) is 8.05. The van der Waals surface area contributed by atoms with Crippen molar-refractivity contribution in [2.75, 3.05) is 11.4 Å². The zero-order chi connectivity index (χ0) is 14.6. The maximum atomic E-state index is 6.27. The van der Waals surface area contributed by atoms with Gasteiger partial charge in [-0.3, -0.25) is 0 Å². The summed E-state index contributed by atoms with van der Waals surface area (Å²) < 4.78 is 0. The molecule has 5 heteroatoms. The number of fused-ring (bicyclic) bond motifs is 3. The van der Waals surface area contributed by atoms with Crippen molar-refractivity contribution in [1.29, 1.82) is 0 Å². The smallest absolute Gasteiger partial charge is 0.104 e. The fraction of sp³-hybridized carbons (Fsp3) is 0.375. The molecule has 3 aliphatic heterocycles. The summed E-state index contributed by atoms with van der Waals surface area (Å²) in [6.07, 6.45) is 5.72. The highest BCUT2D eigenvalue weighted by Crippen LogP contribution is 2.38. The van der Waals surface area contributed by atoms with E-state index in [2.05, 4.69) is 16.3 Å². The van der Waals surface area contributed by atoms with Crippen LogP contribution in [0.4, 0.5) is 5.69 Å². The van der Waals surface area contributed by atoms with Crippen LogP contribution in [0.3, 0.4) is 0 Å². The lowest BCUT2D eigenvalue weighted by Gasteiger charge is -2.36. The number of rotatable bonds is 1. The number of hydrogen-bond donors (Lipinski definition) is 2. The second-order valence-corrected chi connectivity index (χ2v) is 6.82. The zero-order valence-electron chi connectivity index (χ0n) is 11.6. The molecule has 3 aliphatic rings. The third-order valence-corrected chi connectivity index (χ3v) is 5.46. The second-order valence-electron chi connectivity index (χ2n) is 6.00. The highest BCUT2D eigenvalue weighted by Gasteiger charge is 2.36. The third kappa shape index (κ3) is 2.24. The van der Waals surface area contributed by atoms with Gasteiger partial charge in [0, 0.05) is 24.3 Å². The van der Waals surface area contributed by atoms with Crippen LogP contribution >= 0.6 is 23.2 Å². The van der Waals surface area contributed by atoms with Crippen molar-refractivity contribution in [2.24, 2.45) is 5.73 Å². The molecule has 1 fully saturated rings. The van der Waals surface area contributed by atoms with Crippen LogP contribution in [0.15, 0.2) is 41.2 Å². The molecule has 4 rings (SSSR count). The molecule has 0 radical (unpaired) electrons. The Kier molecular flexibility index (Phi) is 3.18. The minimum absolute atomic E-state index is 0.508. The van der Waals surface area contributed by atoms with Crippen molar-refractivity contribution in [3.8, 4) is 0 Å². The molecule has 1 saturated heterocycles. The number of nitrogens with one attached hydrogen (secondary N) is 1. The van der Waals surface area contributed by atoms with Crippen molar-refractivity contribution >= 4 is 28.9 Å². The van der Waals surface area contributed by atoms with E-state index in [1.807, 2.05) is 18.2 Å². The Morgan fingerprint density at radius 1 is 1.19 bits per heavy atom. The van der Waals surface area contributed by atoms with Gasteiger partial charge in [0.2, 0.25) is 0 Å². The van der Waals surface area contributed by atoms with Crippen molar-refractivity contribution in [3.05, 3.63) is 51.3 Å². The van der Waals surface area contributed by atoms with Crippen LogP contribution in [-0.4, -0.2) is 18.6 Å². The normalized spacial score (nSPS) is 27.7. The molecular weight excluding hydrogens is 305 g/mol. The summed E-state index contributed by atoms with van der Waals surface area (Å²) in [6, 6.07) is 6.81. The Bertz CT molecular complexity index is 665. The van der Waals surface area contributed by atoms with E-state index < -0.39 is 0 Å². The molecule has 1 aromatic rings. The average Bonchev–Trinajstić information content (AvgIpc) is 2.84. The molecule has 21 heavy (non-hydrogen) atoms. The van der Waals surface area contributed by atoms with Crippen LogP contribution in [0.5, 0.6) is 0 Å². The van der Waals surface area contributed by atoms with E-state index >= 15 is 0 Å². The standard InChI is InChI=1S/C16H17Cl2N3/c17-13-3-2-11(7-14(13)18)21-8-12-9(6-16(21)19)5-10-1-4-15(12)20-10/h2-3,6-7,10,15,20H,1,4-5,8,19H2. The molecule has 3 nitrogen and oxygen atoms in total. The first-order chi connectivity index (χ1) is 10.1. The number of benzene rings is 1. The van der Waals surface area contributed by atoms with Gasteiger partial charge in [0.1, 0.15) is 5.82 Å². The summed E-state index contributed by atoms with van der Waals surface area (Å²) in [7, 11) is 0. The summed E-state index contributed by atoms with van der Waals surface area (Å²) in [5.74, 6) is 0.786. The van der Waals surface area contributed by atoms with Gasteiger partial charge in [-0.2, -0.15) is 0 Å². The lowest BCUT2D eigenvalue weighted by Crippen LogP contribution is -2.43. The van der Waals surface area contributed by atoms with Gasteiger partial charge in [0.15, 0.2) is 0 Å².